The summed E-state index contributed by atoms with van der Waals surface area (Å²) in [5.74, 6) is -8.59. The monoisotopic (exact) mass is 555 g/mol. The molecule has 37 heavy (non-hydrogen) atoms. The third kappa shape index (κ3) is 5.12. The summed E-state index contributed by atoms with van der Waals surface area (Å²) in [6, 6.07) is 1.60. The van der Waals surface area contributed by atoms with Gasteiger partial charge in [-0.2, -0.15) is 45.3 Å². The summed E-state index contributed by atoms with van der Waals surface area (Å²) < 4.78 is 111. The van der Waals surface area contributed by atoms with Crippen LogP contribution in [0.4, 0.5) is 35.1 Å². The van der Waals surface area contributed by atoms with E-state index in [9.17, 15) is 39.9 Å². The Morgan fingerprint density at radius 2 is 1.81 bits per heavy atom. The average Bonchev–Trinajstić information content (AvgIpc) is 3.37. The minimum absolute atomic E-state index is 0.0332. The average molecular weight is 556 g/mol. The number of hydrogen-bond donors (Lipinski definition) is 1. The van der Waals surface area contributed by atoms with Crippen LogP contribution in [0.25, 0.3) is 16.9 Å². The number of aryl methyl sites for hydroxylation is 1. The van der Waals surface area contributed by atoms with Crippen LogP contribution in [0.15, 0.2) is 42.7 Å². The summed E-state index contributed by atoms with van der Waals surface area (Å²) in [6.45, 7) is 0. The van der Waals surface area contributed by atoms with Gasteiger partial charge in [-0.25, -0.2) is 9.36 Å². The zero-order valence-electron chi connectivity index (χ0n) is 18.4. The van der Waals surface area contributed by atoms with Crippen molar-refractivity contribution in [3.05, 3.63) is 59.0 Å². The number of carbonyl (C=O) groups excluding carboxylic acids is 1. The van der Waals surface area contributed by atoms with Crippen LogP contribution in [0.2, 0.25) is 5.02 Å². The van der Waals surface area contributed by atoms with Crippen molar-refractivity contribution in [3.63, 3.8) is 0 Å². The number of ether oxygens (including phenoxy) is 1. The lowest BCUT2D eigenvalue weighted by Gasteiger charge is -2.18. The fraction of sp³-hybridized carbons (Fsp3) is 0.286. The van der Waals surface area contributed by atoms with E-state index in [1.165, 1.54) is 18.2 Å². The van der Waals surface area contributed by atoms with Crippen molar-refractivity contribution in [3.8, 4) is 22.7 Å². The molecule has 1 amide bonds. The zero-order valence-corrected chi connectivity index (χ0v) is 19.1. The Bertz CT molecular complexity index is 1390. The summed E-state index contributed by atoms with van der Waals surface area (Å²) in [4.78, 5) is 12.4. The highest BCUT2D eigenvalue weighted by atomic mass is 35.5. The number of nitrogens with one attached hydrogen (secondary N) is 1. The van der Waals surface area contributed by atoms with Crippen molar-refractivity contribution in [2.75, 3.05) is 0 Å². The second kappa shape index (κ2) is 9.36. The van der Waals surface area contributed by atoms with E-state index in [1.54, 1.807) is 0 Å². The molecule has 1 fully saturated rings. The maximum Gasteiger partial charge on any atom is 0.459 e. The highest BCUT2D eigenvalue weighted by Crippen LogP contribution is 2.48. The Morgan fingerprint density at radius 1 is 1.14 bits per heavy atom. The minimum Gasteiger partial charge on any atom is -0.421 e. The molecule has 16 heteroatoms. The number of aromatic nitrogens is 4. The van der Waals surface area contributed by atoms with Gasteiger partial charge in [0.1, 0.15) is 0 Å². The molecule has 1 saturated carbocycles. The molecule has 0 aliphatic heterocycles. The smallest absolute Gasteiger partial charge is 0.421 e. The molecule has 0 unspecified atom stereocenters. The van der Waals surface area contributed by atoms with Crippen molar-refractivity contribution < 1.29 is 44.7 Å². The summed E-state index contributed by atoms with van der Waals surface area (Å²) in [7, 11) is 0.898. The van der Waals surface area contributed by atoms with E-state index in [2.05, 4.69) is 20.3 Å². The lowest BCUT2D eigenvalue weighted by molar-refractivity contribution is -0.291. The molecule has 3 aromatic rings. The normalized spacial score (nSPS) is 14.0. The predicted molar refractivity (Wildman–Crippen MR) is 112 cm³/mol. The third-order valence-corrected chi connectivity index (χ3v) is 5.55. The van der Waals surface area contributed by atoms with Gasteiger partial charge < -0.3 is 10.1 Å². The first-order chi connectivity index (χ1) is 17.2. The van der Waals surface area contributed by atoms with Crippen molar-refractivity contribution in [1.29, 1.82) is 0 Å². The Labute approximate surface area is 207 Å². The summed E-state index contributed by atoms with van der Waals surface area (Å²) in [5, 5.41) is 9.78. The zero-order chi connectivity index (χ0) is 27.3. The van der Waals surface area contributed by atoms with Crippen LogP contribution in [0.3, 0.4) is 0 Å². The van der Waals surface area contributed by atoms with E-state index in [0.717, 1.165) is 32.3 Å². The van der Waals surface area contributed by atoms with Gasteiger partial charge in [0.15, 0.2) is 11.5 Å². The van der Waals surface area contributed by atoms with Crippen LogP contribution in [-0.4, -0.2) is 37.7 Å². The maximum absolute atomic E-state index is 14.1. The molecular formula is C21H14ClF8N5O2. The second-order valence-electron chi connectivity index (χ2n) is 7.95. The molecule has 4 rings (SSSR count). The molecule has 1 aliphatic rings. The number of alkyl halides is 5. The van der Waals surface area contributed by atoms with Gasteiger partial charge in [-0.05, 0) is 30.5 Å². The molecule has 1 N–H and O–H groups in total. The van der Waals surface area contributed by atoms with Crippen LogP contribution in [0.5, 0.6) is 5.75 Å². The van der Waals surface area contributed by atoms with Gasteiger partial charge in [-0.15, -0.1) is 0 Å². The molecule has 0 bridgehead atoms. The molecule has 2 aromatic heterocycles. The van der Waals surface area contributed by atoms with Crippen LogP contribution in [0, 0.1) is 0 Å². The molecule has 198 valence electrons. The summed E-state index contributed by atoms with van der Waals surface area (Å²) >= 11 is 6.11. The molecule has 0 saturated heterocycles. The Morgan fingerprint density at radius 3 is 2.41 bits per heavy atom. The van der Waals surface area contributed by atoms with E-state index in [0.29, 0.717) is 14.9 Å². The fourth-order valence-electron chi connectivity index (χ4n) is 3.27. The molecule has 2 heterocycles. The van der Waals surface area contributed by atoms with E-state index in [1.807, 2.05) is 0 Å². The van der Waals surface area contributed by atoms with Gasteiger partial charge in [0.05, 0.1) is 16.8 Å². The van der Waals surface area contributed by atoms with Crippen LogP contribution in [-0.2, 0) is 13.0 Å². The number of hydrogen-bond acceptors (Lipinski definition) is 4. The fourth-order valence-corrected chi connectivity index (χ4v) is 3.47. The van der Waals surface area contributed by atoms with E-state index < -0.39 is 47.4 Å². The molecule has 7 nitrogen and oxygen atoms in total. The first-order valence-corrected chi connectivity index (χ1v) is 10.6. The van der Waals surface area contributed by atoms with Crippen molar-refractivity contribution in [2.45, 2.75) is 31.0 Å². The molecule has 0 atom stereocenters. The quantitative estimate of drug-likeness (QED) is 0.292. The lowest BCUT2D eigenvalue weighted by Crippen LogP contribution is -2.34. The molecule has 1 aliphatic carbocycles. The van der Waals surface area contributed by atoms with Gasteiger partial charge in [0, 0.05) is 24.8 Å². The largest absolute Gasteiger partial charge is 0.459 e. The lowest BCUT2D eigenvalue weighted by atomic mass is 10.1. The van der Waals surface area contributed by atoms with E-state index in [4.69, 9.17) is 11.6 Å². The standard InChI is InChI=1S/C21H14ClF8N5O2/c1-34-19(14(37-17(25)16(23)24)15(33-34)20(26,27)21(28,29)30)35-8-10(7-31-35)9-2-5-13(22)12(6-9)18(36)32-11-3-4-11/h2,5-8,11H,3-4H2,1H3,(H,32,36). The molecule has 0 spiro atoms. The van der Waals surface area contributed by atoms with Gasteiger partial charge in [0.25, 0.3) is 5.91 Å². The highest BCUT2D eigenvalue weighted by molar-refractivity contribution is 6.34. The number of halogens is 9. The van der Waals surface area contributed by atoms with E-state index >= 15 is 0 Å². The minimum atomic E-state index is -6.21. The van der Waals surface area contributed by atoms with Gasteiger partial charge >= 0.3 is 24.2 Å². The molecular weight excluding hydrogens is 542 g/mol. The Kier molecular flexibility index (Phi) is 6.69. The van der Waals surface area contributed by atoms with Crippen molar-refractivity contribution >= 4 is 17.5 Å². The van der Waals surface area contributed by atoms with Crippen molar-refractivity contribution in [2.24, 2.45) is 7.05 Å². The van der Waals surface area contributed by atoms with Gasteiger partial charge in [-0.1, -0.05) is 17.7 Å². The van der Waals surface area contributed by atoms with Gasteiger partial charge in [0.2, 0.25) is 5.75 Å². The molecule has 0 radical (unpaired) electrons. The molecule has 1 aromatic carbocycles. The van der Waals surface area contributed by atoms with Crippen LogP contribution in [0.1, 0.15) is 28.9 Å². The van der Waals surface area contributed by atoms with Crippen LogP contribution < -0.4 is 10.1 Å². The number of carbonyl (C=O) groups is 1. The number of benzene rings is 1. The number of nitrogens with zero attached hydrogens (tertiary/aromatic N) is 4. The highest BCUT2D eigenvalue weighted by Gasteiger charge is 2.62. The first kappa shape index (κ1) is 26.4. The van der Waals surface area contributed by atoms with E-state index in [-0.39, 0.29) is 22.2 Å². The van der Waals surface area contributed by atoms with Crippen molar-refractivity contribution in [1.82, 2.24) is 24.9 Å². The SMILES string of the molecule is Cn1nc(C(F)(F)C(F)(F)F)c(OC(F)=C(F)F)c1-n1cc(-c2ccc(Cl)c(C(=O)NC3CC3)c2)cn1. The topological polar surface area (TPSA) is 74.0 Å². The maximum atomic E-state index is 14.1. The predicted octanol–water partition coefficient (Wildman–Crippen LogP) is 5.89. The second-order valence-corrected chi connectivity index (χ2v) is 8.36. The van der Waals surface area contributed by atoms with Crippen LogP contribution >= 0.6 is 11.6 Å². The third-order valence-electron chi connectivity index (χ3n) is 5.22. The Balaban J connectivity index is 1.79. The number of amides is 1. The first-order valence-electron chi connectivity index (χ1n) is 10.3. The summed E-state index contributed by atoms with van der Waals surface area (Å²) in [5.41, 5.74) is -1.50. The van der Waals surface area contributed by atoms with Gasteiger partial charge in [-0.3, -0.25) is 4.79 Å². The Hall–Kier alpha value is -3.62. The summed E-state index contributed by atoms with van der Waals surface area (Å²) in [6.07, 6.45) is -5.44. The number of rotatable bonds is 7.